The quantitative estimate of drug-likeness (QED) is 0.468. The van der Waals surface area contributed by atoms with Crippen LogP contribution in [0.3, 0.4) is 0 Å². The molecule has 32 heavy (non-hydrogen) atoms. The minimum Gasteiger partial charge on any atom is -0.441 e. The van der Waals surface area contributed by atoms with Gasteiger partial charge in [0, 0.05) is 31.0 Å². The zero-order valence-corrected chi connectivity index (χ0v) is 16.9. The second-order valence-electron chi connectivity index (χ2n) is 6.87. The van der Waals surface area contributed by atoms with Crippen molar-refractivity contribution in [3.63, 3.8) is 0 Å². The van der Waals surface area contributed by atoms with Crippen LogP contribution in [-0.4, -0.2) is 29.3 Å². The summed E-state index contributed by atoms with van der Waals surface area (Å²) in [5, 5.41) is 5.12. The molecule has 2 aromatic carbocycles. The maximum absolute atomic E-state index is 13.8. The van der Waals surface area contributed by atoms with Gasteiger partial charge in [-0.05, 0) is 29.8 Å². The van der Waals surface area contributed by atoms with Gasteiger partial charge in [0.25, 0.3) is 5.91 Å². The molecule has 0 bridgehead atoms. The van der Waals surface area contributed by atoms with Gasteiger partial charge >= 0.3 is 0 Å². The van der Waals surface area contributed by atoms with Gasteiger partial charge in [-0.3, -0.25) is 14.4 Å². The standard InChI is InChI=1S/C22H20F2N4O4/c23-15-5-6-16(17(24)9-15)18-11-27-21(32-18)8-7-20(30)26-10-13-1-3-14(4-2-13)22(31)28-12-19(25)29/h1-6,9,11H,7-8,10,12H2,(H2,25,29)(H,26,30)(H,28,31). The van der Waals surface area contributed by atoms with Gasteiger partial charge in [-0.15, -0.1) is 0 Å². The van der Waals surface area contributed by atoms with Gasteiger partial charge in [0.1, 0.15) is 11.6 Å². The van der Waals surface area contributed by atoms with Crippen LogP contribution in [0, 0.1) is 11.6 Å². The fraction of sp³-hybridized carbons (Fsp3) is 0.182. The van der Waals surface area contributed by atoms with Gasteiger partial charge in [-0.2, -0.15) is 0 Å². The maximum atomic E-state index is 13.8. The van der Waals surface area contributed by atoms with Crippen molar-refractivity contribution < 1.29 is 27.6 Å². The number of nitrogens with two attached hydrogens (primary N) is 1. The number of benzene rings is 2. The van der Waals surface area contributed by atoms with Crippen LogP contribution in [-0.2, 0) is 22.6 Å². The van der Waals surface area contributed by atoms with Crippen LogP contribution in [0.25, 0.3) is 11.3 Å². The van der Waals surface area contributed by atoms with Gasteiger partial charge in [-0.25, -0.2) is 13.8 Å². The highest BCUT2D eigenvalue weighted by Gasteiger charge is 2.13. The number of oxazole rings is 1. The molecule has 166 valence electrons. The Labute approximate surface area is 181 Å². The van der Waals surface area contributed by atoms with Crippen molar-refractivity contribution >= 4 is 17.7 Å². The molecule has 0 aliphatic heterocycles. The van der Waals surface area contributed by atoms with Crippen LogP contribution in [0.5, 0.6) is 0 Å². The summed E-state index contributed by atoms with van der Waals surface area (Å²) in [6.07, 6.45) is 1.62. The smallest absolute Gasteiger partial charge is 0.251 e. The molecular formula is C22H20F2N4O4. The SMILES string of the molecule is NC(=O)CNC(=O)c1ccc(CNC(=O)CCc2ncc(-c3ccc(F)cc3F)o2)cc1. The summed E-state index contributed by atoms with van der Waals surface area (Å²) in [4.78, 5) is 38.7. The summed E-state index contributed by atoms with van der Waals surface area (Å²) in [5.74, 6) is -2.36. The predicted octanol–water partition coefficient (Wildman–Crippen LogP) is 2.08. The van der Waals surface area contributed by atoms with Crippen molar-refractivity contribution in [2.24, 2.45) is 5.73 Å². The van der Waals surface area contributed by atoms with E-state index < -0.39 is 23.4 Å². The Bertz CT molecular complexity index is 1130. The highest BCUT2D eigenvalue weighted by atomic mass is 19.1. The van der Waals surface area contributed by atoms with Gasteiger partial charge in [0.05, 0.1) is 18.3 Å². The lowest BCUT2D eigenvalue weighted by molar-refractivity contribution is -0.121. The number of nitrogens with one attached hydrogen (secondary N) is 2. The Morgan fingerprint density at radius 3 is 2.47 bits per heavy atom. The minimum absolute atomic E-state index is 0.0846. The summed E-state index contributed by atoms with van der Waals surface area (Å²) < 4.78 is 32.3. The summed E-state index contributed by atoms with van der Waals surface area (Å²) >= 11 is 0. The molecular weight excluding hydrogens is 422 g/mol. The lowest BCUT2D eigenvalue weighted by atomic mass is 10.1. The van der Waals surface area contributed by atoms with Gasteiger partial charge in [0.2, 0.25) is 11.8 Å². The summed E-state index contributed by atoms with van der Waals surface area (Å²) in [5.41, 5.74) is 6.20. The van der Waals surface area contributed by atoms with Crippen LogP contribution in [0.2, 0.25) is 0 Å². The molecule has 0 unspecified atom stereocenters. The monoisotopic (exact) mass is 442 g/mol. The number of rotatable bonds is 9. The number of aryl methyl sites for hydroxylation is 1. The lowest BCUT2D eigenvalue weighted by Gasteiger charge is -2.06. The average Bonchev–Trinajstić information content (AvgIpc) is 3.23. The van der Waals surface area contributed by atoms with Gasteiger partial charge < -0.3 is 20.8 Å². The fourth-order valence-corrected chi connectivity index (χ4v) is 2.79. The van der Waals surface area contributed by atoms with E-state index in [1.165, 1.54) is 12.3 Å². The Morgan fingerprint density at radius 1 is 1.03 bits per heavy atom. The topological polar surface area (TPSA) is 127 Å². The van der Waals surface area contributed by atoms with E-state index in [1.54, 1.807) is 24.3 Å². The molecule has 0 radical (unpaired) electrons. The van der Waals surface area contributed by atoms with E-state index in [0.29, 0.717) is 5.56 Å². The number of nitrogens with zero attached hydrogens (tertiary/aromatic N) is 1. The third-order valence-corrected chi connectivity index (χ3v) is 4.45. The molecule has 0 spiro atoms. The van der Waals surface area contributed by atoms with Crippen LogP contribution in [0.1, 0.15) is 28.2 Å². The molecule has 3 aromatic rings. The highest BCUT2D eigenvalue weighted by Crippen LogP contribution is 2.24. The van der Waals surface area contributed by atoms with E-state index in [0.717, 1.165) is 17.7 Å². The van der Waals surface area contributed by atoms with Crippen LogP contribution in [0.4, 0.5) is 8.78 Å². The Kier molecular flexibility index (Phi) is 7.27. The molecule has 0 fully saturated rings. The molecule has 10 heteroatoms. The Balaban J connectivity index is 1.46. The van der Waals surface area contributed by atoms with Crippen molar-refractivity contribution in [3.8, 4) is 11.3 Å². The van der Waals surface area contributed by atoms with E-state index in [-0.39, 0.29) is 49.1 Å². The summed E-state index contributed by atoms with van der Waals surface area (Å²) in [6.45, 7) is 0.00113. The molecule has 3 amide bonds. The molecule has 0 saturated heterocycles. The molecule has 0 aliphatic rings. The normalized spacial score (nSPS) is 10.6. The molecule has 0 aliphatic carbocycles. The second-order valence-corrected chi connectivity index (χ2v) is 6.87. The second kappa shape index (κ2) is 10.3. The molecule has 1 heterocycles. The third kappa shape index (κ3) is 6.21. The van der Waals surface area contributed by atoms with Crippen molar-refractivity contribution in [2.45, 2.75) is 19.4 Å². The van der Waals surface area contributed by atoms with Crippen molar-refractivity contribution in [1.29, 1.82) is 0 Å². The largest absolute Gasteiger partial charge is 0.441 e. The zero-order chi connectivity index (χ0) is 23.1. The minimum atomic E-state index is -0.762. The zero-order valence-electron chi connectivity index (χ0n) is 16.9. The Morgan fingerprint density at radius 2 is 1.78 bits per heavy atom. The molecule has 4 N–H and O–H groups in total. The predicted molar refractivity (Wildman–Crippen MR) is 110 cm³/mol. The van der Waals surface area contributed by atoms with E-state index >= 15 is 0 Å². The summed E-state index contributed by atoms with van der Waals surface area (Å²) in [7, 11) is 0. The fourth-order valence-electron chi connectivity index (χ4n) is 2.79. The Hall–Kier alpha value is -4.08. The van der Waals surface area contributed by atoms with Crippen LogP contribution >= 0.6 is 0 Å². The van der Waals surface area contributed by atoms with Crippen LogP contribution < -0.4 is 16.4 Å². The van der Waals surface area contributed by atoms with Crippen molar-refractivity contribution in [2.75, 3.05) is 6.54 Å². The molecule has 8 nitrogen and oxygen atoms in total. The van der Waals surface area contributed by atoms with E-state index in [4.69, 9.17) is 10.2 Å². The first-order valence-electron chi connectivity index (χ1n) is 9.64. The molecule has 0 saturated carbocycles. The van der Waals surface area contributed by atoms with Crippen molar-refractivity contribution in [3.05, 3.63) is 77.3 Å². The number of aromatic nitrogens is 1. The highest BCUT2D eigenvalue weighted by molar-refractivity contribution is 5.96. The number of primary amides is 1. The molecule has 0 atom stereocenters. The maximum Gasteiger partial charge on any atom is 0.251 e. The first kappa shape index (κ1) is 22.6. The number of hydrogen-bond acceptors (Lipinski definition) is 5. The van der Waals surface area contributed by atoms with Gasteiger partial charge in [0.15, 0.2) is 11.7 Å². The average molecular weight is 442 g/mol. The van der Waals surface area contributed by atoms with E-state index in [2.05, 4.69) is 15.6 Å². The van der Waals surface area contributed by atoms with E-state index in [9.17, 15) is 23.2 Å². The van der Waals surface area contributed by atoms with Gasteiger partial charge in [-0.1, -0.05) is 12.1 Å². The number of amides is 3. The molecule has 3 rings (SSSR count). The number of carbonyl (C=O) groups is 3. The first-order chi connectivity index (χ1) is 15.3. The third-order valence-electron chi connectivity index (χ3n) is 4.45. The molecule has 1 aromatic heterocycles. The van der Waals surface area contributed by atoms with E-state index in [1.807, 2.05) is 0 Å². The summed E-state index contributed by atoms with van der Waals surface area (Å²) in [6, 6.07) is 9.63. The van der Waals surface area contributed by atoms with Crippen LogP contribution in [0.15, 0.2) is 53.1 Å². The number of halogens is 2. The number of hydrogen-bond donors (Lipinski definition) is 3. The van der Waals surface area contributed by atoms with Crippen molar-refractivity contribution in [1.82, 2.24) is 15.6 Å². The lowest BCUT2D eigenvalue weighted by Crippen LogP contribution is -2.33. The first-order valence-corrected chi connectivity index (χ1v) is 9.64. The number of carbonyl (C=O) groups excluding carboxylic acids is 3.